The molecule has 1 aromatic carbocycles. The minimum Gasteiger partial charge on any atom is -0.398 e. The number of nitrogens with one attached hydrogen (secondary N) is 1. The molecule has 2 aromatic rings. The second kappa shape index (κ2) is 5.32. The Hall–Kier alpha value is -1.38. The van der Waals surface area contributed by atoms with Gasteiger partial charge in [0.25, 0.3) is 0 Å². The zero-order chi connectivity index (χ0) is 14.0. The Bertz CT molecular complexity index is 696. The molecular formula is C11H13BrN4O2S. The Morgan fingerprint density at radius 1 is 1.42 bits per heavy atom. The van der Waals surface area contributed by atoms with Crippen LogP contribution < -0.4 is 10.5 Å². The average Bonchev–Trinajstić information content (AvgIpc) is 2.76. The number of halogens is 1. The van der Waals surface area contributed by atoms with Crippen molar-refractivity contribution in [3.63, 3.8) is 0 Å². The van der Waals surface area contributed by atoms with Gasteiger partial charge < -0.3 is 5.73 Å². The number of nitrogens with zero attached hydrogens (tertiary/aromatic N) is 2. The van der Waals surface area contributed by atoms with Crippen LogP contribution >= 0.6 is 15.9 Å². The molecule has 0 spiro atoms. The number of hydrogen-bond acceptors (Lipinski definition) is 4. The van der Waals surface area contributed by atoms with Gasteiger partial charge in [-0.15, -0.1) is 0 Å². The zero-order valence-corrected chi connectivity index (χ0v) is 12.6. The Morgan fingerprint density at radius 2 is 2.16 bits per heavy atom. The Kier molecular flexibility index (Phi) is 3.93. The average molecular weight is 345 g/mol. The summed E-state index contributed by atoms with van der Waals surface area (Å²) in [5.41, 5.74) is 6.70. The van der Waals surface area contributed by atoms with Crippen LogP contribution in [-0.4, -0.2) is 18.2 Å². The largest absolute Gasteiger partial charge is 0.398 e. The van der Waals surface area contributed by atoms with Crippen LogP contribution in [0.4, 0.5) is 5.69 Å². The summed E-state index contributed by atoms with van der Waals surface area (Å²) >= 11 is 3.22. The number of sulfonamides is 1. The number of aryl methyl sites for hydroxylation is 1. The summed E-state index contributed by atoms with van der Waals surface area (Å²) in [6, 6.07) is 6.25. The number of anilines is 1. The predicted molar refractivity (Wildman–Crippen MR) is 75.8 cm³/mol. The van der Waals surface area contributed by atoms with E-state index < -0.39 is 10.0 Å². The molecule has 8 heteroatoms. The Balaban J connectivity index is 2.16. The zero-order valence-electron chi connectivity index (χ0n) is 10.2. The number of benzene rings is 1. The molecule has 6 nitrogen and oxygen atoms in total. The first-order chi connectivity index (χ1) is 8.88. The first-order valence-corrected chi connectivity index (χ1v) is 7.69. The van der Waals surface area contributed by atoms with E-state index in [0.29, 0.717) is 15.9 Å². The monoisotopic (exact) mass is 344 g/mol. The Morgan fingerprint density at radius 3 is 2.74 bits per heavy atom. The lowest BCUT2D eigenvalue weighted by Crippen LogP contribution is -2.23. The minimum absolute atomic E-state index is 0.129. The van der Waals surface area contributed by atoms with Crippen molar-refractivity contribution in [3.8, 4) is 0 Å². The maximum Gasteiger partial charge on any atom is 0.240 e. The summed E-state index contributed by atoms with van der Waals surface area (Å²) in [6.07, 6.45) is 1.75. The first-order valence-electron chi connectivity index (χ1n) is 5.42. The number of nitrogens with two attached hydrogens (primary N) is 1. The van der Waals surface area contributed by atoms with Gasteiger partial charge in [0.1, 0.15) is 0 Å². The van der Waals surface area contributed by atoms with Gasteiger partial charge in [0.05, 0.1) is 17.1 Å². The molecule has 1 heterocycles. The molecule has 19 heavy (non-hydrogen) atoms. The Labute approximate surface area is 119 Å². The maximum absolute atomic E-state index is 12.1. The molecule has 102 valence electrons. The van der Waals surface area contributed by atoms with Crippen molar-refractivity contribution in [3.05, 3.63) is 40.6 Å². The molecule has 2 rings (SSSR count). The minimum atomic E-state index is -3.59. The lowest BCUT2D eigenvalue weighted by atomic mass is 10.3. The normalized spacial score (nSPS) is 11.7. The van der Waals surface area contributed by atoms with Gasteiger partial charge in [-0.25, -0.2) is 13.1 Å². The van der Waals surface area contributed by atoms with Gasteiger partial charge in [-0.2, -0.15) is 5.10 Å². The molecule has 1 aromatic heterocycles. The van der Waals surface area contributed by atoms with E-state index in [2.05, 4.69) is 25.8 Å². The van der Waals surface area contributed by atoms with E-state index in [-0.39, 0.29) is 11.4 Å². The molecule has 0 saturated carbocycles. The van der Waals surface area contributed by atoms with Crippen LogP contribution in [0.2, 0.25) is 0 Å². The summed E-state index contributed by atoms with van der Waals surface area (Å²) in [5, 5.41) is 4.10. The fourth-order valence-electron chi connectivity index (χ4n) is 1.50. The topological polar surface area (TPSA) is 90.0 Å². The van der Waals surface area contributed by atoms with E-state index in [1.807, 2.05) is 0 Å². The van der Waals surface area contributed by atoms with Crippen molar-refractivity contribution < 1.29 is 8.42 Å². The maximum atomic E-state index is 12.1. The number of nitrogen functional groups attached to an aromatic ring is 1. The molecule has 0 radical (unpaired) electrons. The van der Waals surface area contributed by atoms with Crippen LogP contribution in [0.5, 0.6) is 0 Å². The molecule has 0 bridgehead atoms. The summed E-state index contributed by atoms with van der Waals surface area (Å²) < 4.78 is 28.9. The van der Waals surface area contributed by atoms with E-state index >= 15 is 0 Å². The van der Waals surface area contributed by atoms with Crippen LogP contribution in [0, 0.1) is 0 Å². The summed E-state index contributed by atoms with van der Waals surface area (Å²) in [5.74, 6) is 0. The van der Waals surface area contributed by atoms with Crippen molar-refractivity contribution in [2.75, 3.05) is 5.73 Å². The molecule has 0 fully saturated rings. The highest BCUT2D eigenvalue weighted by Gasteiger charge is 2.15. The fourth-order valence-corrected chi connectivity index (χ4v) is 2.78. The van der Waals surface area contributed by atoms with E-state index in [1.54, 1.807) is 30.1 Å². The van der Waals surface area contributed by atoms with Crippen LogP contribution in [0.15, 0.2) is 39.8 Å². The highest BCUT2D eigenvalue weighted by Crippen LogP contribution is 2.22. The summed E-state index contributed by atoms with van der Waals surface area (Å²) in [6.45, 7) is 0.138. The second-order valence-corrected chi connectivity index (χ2v) is 6.61. The van der Waals surface area contributed by atoms with Crippen LogP contribution in [0.1, 0.15) is 5.69 Å². The van der Waals surface area contributed by atoms with E-state index in [4.69, 9.17) is 5.73 Å². The lowest BCUT2D eigenvalue weighted by molar-refractivity contribution is 0.579. The van der Waals surface area contributed by atoms with Crippen LogP contribution in [0.25, 0.3) is 0 Å². The molecule has 0 saturated heterocycles. The van der Waals surface area contributed by atoms with Gasteiger partial charge >= 0.3 is 0 Å². The standard InChI is InChI=1S/C11H13BrN4O2S/c1-16-5-4-8(15-16)7-14-19(17,18)9-2-3-10(12)11(13)6-9/h2-6,14H,7,13H2,1H3. The van der Waals surface area contributed by atoms with Gasteiger partial charge in [-0.05, 0) is 40.2 Å². The van der Waals surface area contributed by atoms with Gasteiger partial charge in [-0.1, -0.05) is 0 Å². The van der Waals surface area contributed by atoms with Crippen LogP contribution in [0.3, 0.4) is 0 Å². The predicted octanol–water partition coefficient (Wildman–Crippen LogP) is 1.24. The number of aromatic nitrogens is 2. The van der Waals surface area contributed by atoms with Gasteiger partial charge in [-0.3, -0.25) is 4.68 Å². The third-order valence-corrected chi connectivity index (χ3v) is 4.61. The van der Waals surface area contributed by atoms with Crippen molar-refractivity contribution in [2.24, 2.45) is 7.05 Å². The number of hydrogen-bond donors (Lipinski definition) is 2. The highest BCUT2D eigenvalue weighted by molar-refractivity contribution is 9.10. The van der Waals surface area contributed by atoms with Crippen molar-refractivity contribution >= 4 is 31.6 Å². The molecule has 0 aliphatic carbocycles. The molecule has 0 unspecified atom stereocenters. The van der Waals surface area contributed by atoms with Crippen molar-refractivity contribution in [1.29, 1.82) is 0 Å². The van der Waals surface area contributed by atoms with E-state index in [0.717, 1.165) is 0 Å². The lowest BCUT2D eigenvalue weighted by Gasteiger charge is -2.07. The second-order valence-electron chi connectivity index (χ2n) is 3.99. The number of rotatable bonds is 4. The van der Waals surface area contributed by atoms with Crippen molar-refractivity contribution in [1.82, 2.24) is 14.5 Å². The van der Waals surface area contributed by atoms with Gasteiger partial charge in [0, 0.05) is 23.4 Å². The van der Waals surface area contributed by atoms with Gasteiger partial charge in [0.2, 0.25) is 10.0 Å². The summed E-state index contributed by atoms with van der Waals surface area (Å²) in [4.78, 5) is 0.129. The van der Waals surface area contributed by atoms with Crippen LogP contribution in [-0.2, 0) is 23.6 Å². The van der Waals surface area contributed by atoms with E-state index in [9.17, 15) is 8.42 Å². The molecule has 0 aliphatic rings. The molecule has 0 aliphatic heterocycles. The third-order valence-electron chi connectivity index (χ3n) is 2.49. The molecular weight excluding hydrogens is 332 g/mol. The quantitative estimate of drug-likeness (QED) is 0.816. The third kappa shape index (κ3) is 3.34. The SMILES string of the molecule is Cn1ccc(CNS(=O)(=O)c2ccc(Br)c(N)c2)n1. The van der Waals surface area contributed by atoms with Gasteiger partial charge in [0.15, 0.2) is 0 Å². The molecule has 0 atom stereocenters. The summed E-state index contributed by atoms with van der Waals surface area (Å²) in [7, 11) is -1.82. The molecule has 3 N–H and O–H groups in total. The molecule has 0 amide bonds. The van der Waals surface area contributed by atoms with E-state index in [1.165, 1.54) is 12.1 Å². The fraction of sp³-hybridized carbons (Fsp3) is 0.182. The smallest absolute Gasteiger partial charge is 0.240 e. The first kappa shape index (κ1) is 14.0. The van der Waals surface area contributed by atoms with Crippen molar-refractivity contribution in [2.45, 2.75) is 11.4 Å². The highest BCUT2D eigenvalue weighted by atomic mass is 79.9.